The highest BCUT2D eigenvalue weighted by atomic mass is 16.2. The summed E-state index contributed by atoms with van der Waals surface area (Å²) in [6.07, 6.45) is 2.60. The first kappa shape index (κ1) is 10.1. The molecule has 74 valence electrons. The Labute approximate surface area is 78.8 Å². The van der Waals surface area contributed by atoms with Gasteiger partial charge in [-0.3, -0.25) is 0 Å². The minimum Gasteiger partial charge on any atom is -0.336 e. The SMILES string of the molecule is CC(C)=CCC(N)N1CCNC1=O. The molecule has 1 saturated heterocycles. The summed E-state index contributed by atoms with van der Waals surface area (Å²) in [7, 11) is 0. The van der Waals surface area contributed by atoms with Crippen LogP contribution >= 0.6 is 0 Å². The molecule has 13 heavy (non-hydrogen) atoms. The highest BCUT2D eigenvalue weighted by molar-refractivity contribution is 5.76. The van der Waals surface area contributed by atoms with Gasteiger partial charge in [0.25, 0.3) is 0 Å². The molecule has 1 heterocycles. The maximum atomic E-state index is 11.2. The van der Waals surface area contributed by atoms with E-state index in [4.69, 9.17) is 5.73 Å². The van der Waals surface area contributed by atoms with E-state index in [9.17, 15) is 4.79 Å². The molecule has 3 N–H and O–H groups in total. The normalized spacial score (nSPS) is 18.4. The molecule has 0 saturated carbocycles. The van der Waals surface area contributed by atoms with E-state index in [1.54, 1.807) is 4.90 Å². The minimum absolute atomic E-state index is 0.0466. The largest absolute Gasteiger partial charge is 0.336 e. The van der Waals surface area contributed by atoms with Crippen LogP contribution in [0.15, 0.2) is 11.6 Å². The van der Waals surface area contributed by atoms with Crippen LogP contribution in [0, 0.1) is 0 Å². The first-order valence-corrected chi connectivity index (χ1v) is 4.54. The Hall–Kier alpha value is -1.03. The second kappa shape index (κ2) is 4.28. The fraction of sp³-hybridized carbons (Fsp3) is 0.667. The summed E-state index contributed by atoms with van der Waals surface area (Å²) >= 11 is 0. The highest BCUT2D eigenvalue weighted by Gasteiger charge is 2.23. The van der Waals surface area contributed by atoms with Crippen molar-refractivity contribution in [1.29, 1.82) is 0 Å². The first-order valence-electron chi connectivity index (χ1n) is 4.54. The molecule has 1 rings (SSSR count). The van der Waals surface area contributed by atoms with Crippen LogP contribution in [-0.2, 0) is 0 Å². The third kappa shape index (κ3) is 2.73. The number of nitrogens with one attached hydrogen (secondary N) is 1. The van der Waals surface area contributed by atoms with Crippen molar-refractivity contribution in [3.05, 3.63) is 11.6 Å². The highest BCUT2D eigenvalue weighted by Crippen LogP contribution is 2.05. The van der Waals surface area contributed by atoms with Gasteiger partial charge in [0.2, 0.25) is 0 Å². The first-order chi connectivity index (χ1) is 6.11. The van der Waals surface area contributed by atoms with Gasteiger partial charge in [0.05, 0.1) is 6.17 Å². The fourth-order valence-electron chi connectivity index (χ4n) is 1.29. The Bertz CT molecular complexity index is 221. The van der Waals surface area contributed by atoms with Crippen molar-refractivity contribution in [2.45, 2.75) is 26.4 Å². The molecule has 1 aliphatic rings. The molecule has 0 aromatic heterocycles. The predicted octanol–water partition coefficient (Wildman–Crippen LogP) is 0.653. The van der Waals surface area contributed by atoms with Gasteiger partial charge in [-0.2, -0.15) is 0 Å². The van der Waals surface area contributed by atoms with Gasteiger partial charge in [-0.15, -0.1) is 0 Å². The Morgan fingerprint density at radius 2 is 2.46 bits per heavy atom. The lowest BCUT2D eigenvalue weighted by molar-refractivity contribution is 0.199. The van der Waals surface area contributed by atoms with E-state index < -0.39 is 0 Å². The molecule has 0 bridgehead atoms. The summed E-state index contributed by atoms with van der Waals surface area (Å²) in [6, 6.07) is -0.0466. The lowest BCUT2D eigenvalue weighted by Gasteiger charge is -2.21. The van der Waals surface area contributed by atoms with Gasteiger partial charge in [0.15, 0.2) is 0 Å². The number of amides is 2. The standard InChI is InChI=1S/C9H17N3O/c1-7(2)3-4-8(10)12-6-5-11-9(12)13/h3,8H,4-6,10H2,1-2H3,(H,11,13). The topological polar surface area (TPSA) is 58.4 Å². The average Bonchev–Trinajstić information content (AvgIpc) is 2.47. The summed E-state index contributed by atoms with van der Waals surface area (Å²) in [5.41, 5.74) is 7.07. The van der Waals surface area contributed by atoms with Crippen molar-refractivity contribution >= 4 is 6.03 Å². The molecule has 4 nitrogen and oxygen atoms in total. The average molecular weight is 183 g/mol. The second-order valence-corrected chi connectivity index (χ2v) is 3.51. The van der Waals surface area contributed by atoms with Crippen molar-refractivity contribution in [3.8, 4) is 0 Å². The fourth-order valence-corrected chi connectivity index (χ4v) is 1.29. The molecule has 0 spiro atoms. The number of urea groups is 1. The quantitative estimate of drug-likeness (QED) is 0.631. The molecule has 2 amide bonds. The molecule has 4 heteroatoms. The zero-order valence-corrected chi connectivity index (χ0v) is 8.21. The Kier molecular flexibility index (Phi) is 3.31. The summed E-state index contributed by atoms with van der Waals surface area (Å²) < 4.78 is 0. The molecular weight excluding hydrogens is 166 g/mol. The zero-order valence-electron chi connectivity index (χ0n) is 8.21. The van der Waals surface area contributed by atoms with Crippen molar-refractivity contribution in [3.63, 3.8) is 0 Å². The van der Waals surface area contributed by atoms with Crippen LogP contribution in [0.2, 0.25) is 0 Å². The van der Waals surface area contributed by atoms with Crippen molar-refractivity contribution in [2.75, 3.05) is 13.1 Å². The van der Waals surface area contributed by atoms with Crippen LogP contribution in [0.4, 0.5) is 4.79 Å². The predicted molar refractivity (Wildman–Crippen MR) is 52.1 cm³/mol. The van der Waals surface area contributed by atoms with Crippen molar-refractivity contribution in [2.24, 2.45) is 5.73 Å². The van der Waals surface area contributed by atoms with E-state index in [-0.39, 0.29) is 12.2 Å². The van der Waals surface area contributed by atoms with Crippen molar-refractivity contribution < 1.29 is 4.79 Å². The van der Waals surface area contributed by atoms with E-state index in [1.807, 2.05) is 13.8 Å². The summed E-state index contributed by atoms with van der Waals surface area (Å²) in [5.74, 6) is 0. The van der Waals surface area contributed by atoms with Gasteiger partial charge >= 0.3 is 6.03 Å². The molecule has 0 aliphatic carbocycles. The smallest absolute Gasteiger partial charge is 0.318 e. The lowest BCUT2D eigenvalue weighted by atomic mass is 10.2. The number of nitrogens with two attached hydrogens (primary N) is 1. The van der Waals surface area contributed by atoms with Gasteiger partial charge in [0, 0.05) is 13.1 Å². The monoisotopic (exact) mass is 183 g/mol. The van der Waals surface area contributed by atoms with Crippen molar-refractivity contribution in [1.82, 2.24) is 10.2 Å². The summed E-state index contributed by atoms with van der Waals surface area (Å²) in [6.45, 7) is 5.48. The van der Waals surface area contributed by atoms with Gasteiger partial charge in [-0.05, 0) is 20.3 Å². The van der Waals surface area contributed by atoms with Crippen LogP contribution in [-0.4, -0.2) is 30.2 Å². The van der Waals surface area contributed by atoms with Crippen LogP contribution in [0.25, 0.3) is 0 Å². The van der Waals surface area contributed by atoms with Gasteiger partial charge < -0.3 is 16.0 Å². The number of allylic oxidation sites excluding steroid dienone is 1. The Balaban J connectivity index is 2.43. The number of nitrogens with zero attached hydrogens (tertiary/aromatic N) is 1. The molecule has 1 unspecified atom stereocenters. The minimum atomic E-state index is -0.183. The molecule has 1 atom stereocenters. The molecule has 0 aromatic carbocycles. The van der Waals surface area contributed by atoms with Crippen LogP contribution in [0.5, 0.6) is 0 Å². The van der Waals surface area contributed by atoms with E-state index in [0.29, 0.717) is 6.54 Å². The second-order valence-electron chi connectivity index (χ2n) is 3.51. The molecule has 0 radical (unpaired) electrons. The van der Waals surface area contributed by atoms with Crippen LogP contribution in [0.3, 0.4) is 0 Å². The zero-order chi connectivity index (χ0) is 9.84. The number of carbonyl (C=O) groups is 1. The third-order valence-electron chi connectivity index (χ3n) is 2.06. The van der Waals surface area contributed by atoms with E-state index in [1.165, 1.54) is 5.57 Å². The van der Waals surface area contributed by atoms with Gasteiger partial charge in [-0.25, -0.2) is 4.79 Å². The number of hydrogen-bond acceptors (Lipinski definition) is 2. The van der Waals surface area contributed by atoms with Crippen LogP contribution in [0.1, 0.15) is 20.3 Å². The maximum Gasteiger partial charge on any atom is 0.318 e. The van der Waals surface area contributed by atoms with Crippen LogP contribution < -0.4 is 11.1 Å². The Morgan fingerprint density at radius 3 is 2.92 bits per heavy atom. The molecule has 1 fully saturated rings. The number of hydrogen-bond donors (Lipinski definition) is 2. The van der Waals surface area contributed by atoms with E-state index in [2.05, 4.69) is 11.4 Å². The molecule has 0 aromatic rings. The molecular formula is C9H17N3O. The number of carbonyl (C=O) groups excluding carboxylic acids is 1. The lowest BCUT2D eigenvalue weighted by Crippen LogP contribution is -2.43. The van der Waals surface area contributed by atoms with E-state index >= 15 is 0 Å². The summed E-state index contributed by atoms with van der Waals surface area (Å²) in [5, 5.41) is 2.72. The maximum absolute atomic E-state index is 11.2. The molecule has 1 aliphatic heterocycles. The van der Waals surface area contributed by atoms with E-state index in [0.717, 1.165) is 13.0 Å². The number of rotatable bonds is 3. The van der Waals surface area contributed by atoms with Gasteiger partial charge in [-0.1, -0.05) is 11.6 Å². The van der Waals surface area contributed by atoms with Gasteiger partial charge in [0.1, 0.15) is 0 Å². The summed E-state index contributed by atoms with van der Waals surface area (Å²) in [4.78, 5) is 12.8. The third-order valence-corrected chi connectivity index (χ3v) is 2.06. The Morgan fingerprint density at radius 1 is 1.77 bits per heavy atom.